The molecule has 1 aromatic heterocycles. The van der Waals surface area contributed by atoms with Gasteiger partial charge in [-0.1, -0.05) is 36.7 Å². The molecule has 0 aliphatic heterocycles. The molecule has 218 valence electrons. The average Bonchev–Trinajstić information content (AvgIpc) is 3.45. The zero-order valence-corrected chi connectivity index (χ0v) is 24.7. The number of halogens is 1. The number of hydrogen-bond donors (Lipinski definition) is 2. The van der Waals surface area contributed by atoms with Crippen molar-refractivity contribution in [1.82, 2.24) is 15.2 Å². The van der Waals surface area contributed by atoms with Crippen molar-refractivity contribution < 1.29 is 17.9 Å². The lowest BCUT2D eigenvalue weighted by molar-refractivity contribution is 0.0955. The van der Waals surface area contributed by atoms with Crippen molar-refractivity contribution >= 4 is 39.4 Å². The molecule has 0 aliphatic carbocycles. The van der Waals surface area contributed by atoms with E-state index in [1.165, 1.54) is 54.7 Å². The maximum atomic E-state index is 12.8. The molecule has 2 N–H and O–H groups in total. The molecule has 5 rings (SSSR count). The van der Waals surface area contributed by atoms with Crippen LogP contribution in [0.5, 0.6) is 5.75 Å². The SMILES string of the molecule is CCCOc1ccc(-c2nn(-c3ccccc3)cc2/C=N/NC(=O)c2ccc(NS(=O)(=O)c3ccc(Cl)cc3)cc2)cc1. The van der Waals surface area contributed by atoms with Gasteiger partial charge in [-0.25, -0.2) is 18.5 Å². The topological polar surface area (TPSA) is 115 Å². The Morgan fingerprint density at radius 1 is 0.953 bits per heavy atom. The maximum Gasteiger partial charge on any atom is 0.271 e. The van der Waals surface area contributed by atoms with Crippen LogP contribution < -0.4 is 14.9 Å². The molecule has 43 heavy (non-hydrogen) atoms. The van der Waals surface area contributed by atoms with Gasteiger partial charge in [0.15, 0.2) is 0 Å². The fourth-order valence-electron chi connectivity index (χ4n) is 4.09. The van der Waals surface area contributed by atoms with Crippen molar-refractivity contribution in [2.45, 2.75) is 18.2 Å². The number of carbonyl (C=O) groups excluding carboxylic acids is 1. The number of rotatable bonds is 11. The Hall–Kier alpha value is -4.93. The van der Waals surface area contributed by atoms with Gasteiger partial charge in [0.2, 0.25) is 0 Å². The maximum absolute atomic E-state index is 12.8. The van der Waals surface area contributed by atoms with Crippen molar-refractivity contribution in [2.75, 3.05) is 11.3 Å². The molecular weight excluding hydrogens is 586 g/mol. The van der Waals surface area contributed by atoms with Crippen LogP contribution in [0.3, 0.4) is 0 Å². The van der Waals surface area contributed by atoms with Gasteiger partial charge in [-0.05, 0) is 91.3 Å². The molecule has 1 amide bonds. The molecule has 11 heteroatoms. The molecule has 1 heterocycles. The summed E-state index contributed by atoms with van der Waals surface area (Å²) >= 11 is 5.85. The zero-order chi connectivity index (χ0) is 30.2. The molecule has 0 saturated carbocycles. The van der Waals surface area contributed by atoms with E-state index in [-0.39, 0.29) is 4.90 Å². The Morgan fingerprint density at radius 2 is 1.65 bits per heavy atom. The van der Waals surface area contributed by atoms with E-state index in [1.807, 2.05) is 60.8 Å². The minimum absolute atomic E-state index is 0.0729. The first-order chi connectivity index (χ1) is 20.8. The van der Waals surface area contributed by atoms with E-state index in [9.17, 15) is 13.2 Å². The zero-order valence-electron chi connectivity index (χ0n) is 23.1. The minimum Gasteiger partial charge on any atom is -0.494 e. The number of ether oxygens (including phenoxy) is 1. The molecule has 0 spiro atoms. The van der Waals surface area contributed by atoms with E-state index in [4.69, 9.17) is 21.4 Å². The van der Waals surface area contributed by atoms with Crippen molar-refractivity contribution in [3.8, 4) is 22.7 Å². The van der Waals surface area contributed by atoms with Crippen LogP contribution in [0.15, 0.2) is 119 Å². The van der Waals surface area contributed by atoms with Crippen LogP contribution in [0.1, 0.15) is 29.3 Å². The summed E-state index contributed by atoms with van der Waals surface area (Å²) < 4.78 is 35.2. The summed E-state index contributed by atoms with van der Waals surface area (Å²) in [6.45, 7) is 2.69. The Morgan fingerprint density at radius 3 is 2.33 bits per heavy atom. The number of carbonyl (C=O) groups is 1. The molecule has 4 aromatic carbocycles. The Labute approximate surface area is 254 Å². The highest BCUT2D eigenvalue weighted by Gasteiger charge is 2.15. The number of para-hydroxylation sites is 1. The van der Waals surface area contributed by atoms with Crippen molar-refractivity contribution in [2.24, 2.45) is 5.10 Å². The lowest BCUT2D eigenvalue weighted by Gasteiger charge is -2.09. The summed E-state index contributed by atoms with van der Waals surface area (Å²) in [7, 11) is -3.81. The molecule has 9 nitrogen and oxygen atoms in total. The Balaban J connectivity index is 1.30. The number of anilines is 1. The van der Waals surface area contributed by atoms with Crippen LogP contribution >= 0.6 is 11.6 Å². The summed E-state index contributed by atoms with van der Waals surface area (Å²) in [5, 5.41) is 9.38. The van der Waals surface area contributed by atoms with E-state index in [0.717, 1.165) is 23.4 Å². The van der Waals surface area contributed by atoms with Crippen molar-refractivity contribution in [3.05, 3.63) is 125 Å². The summed E-state index contributed by atoms with van der Waals surface area (Å²) in [5.41, 5.74) is 6.25. The second-order valence-electron chi connectivity index (χ2n) is 9.42. The Bertz CT molecular complexity index is 1820. The third kappa shape index (κ3) is 7.48. The third-order valence-corrected chi connectivity index (χ3v) is 7.91. The van der Waals surface area contributed by atoms with E-state index >= 15 is 0 Å². The number of nitrogens with one attached hydrogen (secondary N) is 2. The van der Waals surface area contributed by atoms with Gasteiger partial charge in [0.25, 0.3) is 15.9 Å². The van der Waals surface area contributed by atoms with Gasteiger partial charge in [0.05, 0.1) is 23.4 Å². The van der Waals surface area contributed by atoms with Crippen LogP contribution in [0, 0.1) is 0 Å². The van der Waals surface area contributed by atoms with Gasteiger partial charge in [0.1, 0.15) is 11.4 Å². The smallest absolute Gasteiger partial charge is 0.271 e. The van der Waals surface area contributed by atoms with Gasteiger partial charge >= 0.3 is 0 Å². The number of aromatic nitrogens is 2. The van der Waals surface area contributed by atoms with Crippen LogP contribution in [0.25, 0.3) is 16.9 Å². The van der Waals surface area contributed by atoms with E-state index in [1.54, 1.807) is 4.68 Å². The van der Waals surface area contributed by atoms with Crippen LogP contribution in [-0.2, 0) is 10.0 Å². The molecule has 0 bridgehead atoms. The van der Waals surface area contributed by atoms with Crippen LogP contribution in [-0.4, -0.2) is 36.9 Å². The molecule has 0 saturated heterocycles. The number of amides is 1. The van der Waals surface area contributed by atoms with E-state index < -0.39 is 15.9 Å². The molecule has 0 radical (unpaired) electrons. The highest BCUT2D eigenvalue weighted by Crippen LogP contribution is 2.25. The number of hydrogen-bond acceptors (Lipinski definition) is 6. The van der Waals surface area contributed by atoms with E-state index in [2.05, 4.69) is 22.2 Å². The normalized spacial score (nSPS) is 11.4. The molecular formula is C32H28ClN5O4S. The molecule has 5 aromatic rings. The van der Waals surface area contributed by atoms with Crippen molar-refractivity contribution in [1.29, 1.82) is 0 Å². The number of sulfonamides is 1. The number of hydrazone groups is 1. The van der Waals surface area contributed by atoms with Gasteiger partial charge in [-0.15, -0.1) is 0 Å². The highest BCUT2D eigenvalue weighted by molar-refractivity contribution is 7.92. The first-order valence-electron chi connectivity index (χ1n) is 13.4. The van der Waals surface area contributed by atoms with Crippen LogP contribution in [0.4, 0.5) is 5.69 Å². The van der Waals surface area contributed by atoms with Crippen LogP contribution in [0.2, 0.25) is 5.02 Å². The van der Waals surface area contributed by atoms with Crippen molar-refractivity contribution in [3.63, 3.8) is 0 Å². The standard InChI is InChI=1S/C32H28ClN5O4S/c1-2-20-42-29-16-10-23(11-17-29)31-25(22-38(36-31)28-6-4-3-5-7-28)21-34-35-32(39)24-8-14-27(15-9-24)37-43(40,41)30-18-12-26(33)13-19-30/h3-19,21-22,37H,2,20H2,1H3,(H,35,39)/b34-21+. The monoisotopic (exact) mass is 613 g/mol. The predicted octanol–water partition coefficient (Wildman–Crippen LogP) is 6.55. The number of benzene rings is 4. The lowest BCUT2D eigenvalue weighted by atomic mass is 10.1. The van der Waals surface area contributed by atoms with Gasteiger partial charge in [0, 0.05) is 33.6 Å². The van der Waals surface area contributed by atoms with Gasteiger partial charge in [-0.3, -0.25) is 9.52 Å². The molecule has 0 unspecified atom stereocenters. The lowest BCUT2D eigenvalue weighted by Crippen LogP contribution is -2.18. The first kappa shape index (κ1) is 29.6. The van der Waals surface area contributed by atoms with Gasteiger partial charge < -0.3 is 4.74 Å². The van der Waals surface area contributed by atoms with E-state index in [0.29, 0.717) is 34.1 Å². The number of nitrogens with zero attached hydrogens (tertiary/aromatic N) is 3. The molecule has 0 fully saturated rings. The molecule has 0 aliphatic rings. The average molecular weight is 614 g/mol. The fraction of sp³-hybridized carbons (Fsp3) is 0.0938. The second-order valence-corrected chi connectivity index (χ2v) is 11.5. The summed E-state index contributed by atoms with van der Waals surface area (Å²) in [4.78, 5) is 12.9. The fourth-order valence-corrected chi connectivity index (χ4v) is 5.28. The summed E-state index contributed by atoms with van der Waals surface area (Å²) in [6, 6.07) is 29.2. The van der Waals surface area contributed by atoms with Gasteiger partial charge in [-0.2, -0.15) is 10.2 Å². The predicted molar refractivity (Wildman–Crippen MR) is 169 cm³/mol. The summed E-state index contributed by atoms with van der Waals surface area (Å²) in [5.74, 6) is 0.317. The molecule has 0 atom stereocenters. The second kappa shape index (κ2) is 13.4. The quantitative estimate of drug-likeness (QED) is 0.130. The highest BCUT2D eigenvalue weighted by atomic mass is 35.5. The summed E-state index contributed by atoms with van der Waals surface area (Å²) in [6.07, 6.45) is 4.29. The Kier molecular flexibility index (Phi) is 9.19. The minimum atomic E-state index is -3.81. The largest absolute Gasteiger partial charge is 0.494 e. The first-order valence-corrected chi connectivity index (χ1v) is 15.3. The third-order valence-electron chi connectivity index (χ3n) is 6.26.